The highest BCUT2D eigenvalue weighted by Crippen LogP contribution is 2.24. The lowest BCUT2D eigenvalue weighted by atomic mass is 9.97. The molecule has 4 heteroatoms. The summed E-state index contributed by atoms with van der Waals surface area (Å²) in [6.07, 6.45) is 0. The summed E-state index contributed by atoms with van der Waals surface area (Å²) in [5, 5.41) is 3.35. The van der Waals surface area contributed by atoms with Crippen molar-refractivity contribution in [2.75, 3.05) is 12.3 Å². The van der Waals surface area contributed by atoms with E-state index in [1.807, 2.05) is 25.1 Å². The molecule has 0 spiro atoms. The average Bonchev–Trinajstić information content (AvgIpc) is 2.33. The number of rotatable bonds is 2. The molecule has 4 nitrogen and oxygen atoms in total. The van der Waals surface area contributed by atoms with Crippen LogP contribution in [-0.2, 0) is 9.53 Å². The number of esters is 1. The molecule has 2 rings (SSSR count). The van der Waals surface area contributed by atoms with Crippen molar-refractivity contribution in [3.63, 3.8) is 0 Å². The Labute approximate surface area is 108 Å². The Hall–Kier alpha value is -1.55. The molecule has 1 aliphatic heterocycles. The Morgan fingerprint density at radius 1 is 1.44 bits per heavy atom. The molecule has 18 heavy (non-hydrogen) atoms. The molecule has 1 aromatic rings. The molecule has 1 aliphatic rings. The normalized spacial score (nSPS) is 24.1. The average molecular weight is 248 g/mol. The fourth-order valence-electron chi connectivity index (χ4n) is 2.08. The molecule has 0 aromatic heterocycles. The maximum absolute atomic E-state index is 11.8. The van der Waals surface area contributed by atoms with Gasteiger partial charge in [0.05, 0.1) is 0 Å². The first-order valence-electron chi connectivity index (χ1n) is 6.27. The number of hydrogen-bond acceptors (Lipinski definition) is 4. The largest absolute Gasteiger partial charge is 0.463 e. The molecule has 0 saturated carbocycles. The summed E-state index contributed by atoms with van der Waals surface area (Å²) in [5.74, 6) is 0.214. The van der Waals surface area contributed by atoms with Gasteiger partial charge in [0.1, 0.15) is 12.6 Å². The van der Waals surface area contributed by atoms with Crippen LogP contribution >= 0.6 is 0 Å². The van der Waals surface area contributed by atoms with Gasteiger partial charge in [-0.1, -0.05) is 26.0 Å². The lowest BCUT2D eigenvalue weighted by Gasteiger charge is -2.32. The van der Waals surface area contributed by atoms with Crippen molar-refractivity contribution in [3.8, 4) is 0 Å². The Morgan fingerprint density at radius 2 is 2.17 bits per heavy atom. The predicted molar refractivity (Wildman–Crippen MR) is 71.1 cm³/mol. The third kappa shape index (κ3) is 2.48. The molecule has 1 saturated heterocycles. The Balaban J connectivity index is 2.24. The third-order valence-electron chi connectivity index (χ3n) is 3.45. The SMILES string of the molecule is Cc1cc([C@@H]2N[C@@H](C(C)C)COC2=O)ccc1N. The number of aryl methyl sites for hydroxylation is 1. The fraction of sp³-hybridized carbons (Fsp3) is 0.500. The first-order chi connectivity index (χ1) is 8.49. The second-order valence-corrected chi connectivity index (χ2v) is 5.20. The van der Waals surface area contributed by atoms with E-state index in [-0.39, 0.29) is 18.1 Å². The molecule has 0 bridgehead atoms. The number of morpholine rings is 1. The number of nitrogens with two attached hydrogens (primary N) is 1. The van der Waals surface area contributed by atoms with Crippen molar-refractivity contribution in [1.29, 1.82) is 0 Å². The quantitative estimate of drug-likeness (QED) is 0.618. The van der Waals surface area contributed by atoms with Gasteiger partial charge in [-0.15, -0.1) is 0 Å². The number of carbonyl (C=O) groups is 1. The van der Waals surface area contributed by atoms with Crippen molar-refractivity contribution >= 4 is 11.7 Å². The number of nitrogens with one attached hydrogen (secondary N) is 1. The summed E-state index contributed by atoms with van der Waals surface area (Å²) < 4.78 is 5.26. The molecular weight excluding hydrogens is 228 g/mol. The number of hydrogen-bond donors (Lipinski definition) is 2. The summed E-state index contributed by atoms with van der Waals surface area (Å²) in [4.78, 5) is 11.8. The van der Waals surface area contributed by atoms with Crippen molar-refractivity contribution in [2.24, 2.45) is 5.92 Å². The molecule has 3 N–H and O–H groups in total. The van der Waals surface area contributed by atoms with Crippen LogP contribution in [0.4, 0.5) is 5.69 Å². The number of nitrogen functional groups attached to an aromatic ring is 1. The number of anilines is 1. The van der Waals surface area contributed by atoms with Gasteiger partial charge in [0.25, 0.3) is 0 Å². The van der Waals surface area contributed by atoms with E-state index in [1.165, 1.54) is 0 Å². The standard InChI is InChI=1S/C14H20N2O2/c1-8(2)12-7-18-14(17)13(16-12)10-4-5-11(15)9(3)6-10/h4-6,8,12-13,16H,7,15H2,1-3H3/t12-,13+/m1/s1. The van der Waals surface area contributed by atoms with Crippen LogP contribution in [0.5, 0.6) is 0 Å². The van der Waals surface area contributed by atoms with Gasteiger partial charge in [-0.05, 0) is 30.0 Å². The van der Waals surface area contributed by atoms with Gasteiger partial charge in [0, 0.05) is 11.7 Å². The van der Waals surface area contributed by atoms with Crippen LogP contribution in [0.15, 0.2) is 18.2 Å². The first-order valence-corrected chi connectivity index (χ1v) is 6.27. The predicted octanol–water partition coefficient (Wildman–Crippen LogP) is 1.79. The smallest absolute Gasteiger partial charge is 0.327 e. The highest BCUT2D eigenvalue weighted by molar-refractivity contribution is 5.78. The fourth-order valence-corrected chi connectivity index (χ4v) is 2.08. The van der Waals surface area contributed by atoms with Crippen LogP contribution in [0.1, 0.15) is 31.0 Å². The van der Waals surface area contributed by atoms with Gasteiger partial charge < -0.3 is 10.5 Å². The second kappa shape index (κ2) is 4.98. The van der Waals surface area contributed by atoms with Gasteiger partial charge in [0.15, 0.2) is 0 Å². The van der Waals surface area contributed by atoms with Crippen LogP contribution in [0.25, 0.3) is 0 Å². The minimum Gasteiger partial charge on any atom is -0.463 e. The van der Waals surface area contributed by atoms with E-state index in [0.717, 1.165) is 16.8 Å². The molecule has 1 heterocycles. The Morgan fingerprint density at radius 3 is 2.78 bits per heavy atom. The van der Waals surface area contributed by atoms with E-state index in [0.29, 0.717) is 12.5 Å². The maximum Gasteiger partial charge on any atom is 0.327 e. The van der Waals surface area contributed by atoms with Crippen molar-refractivity contribution in [2.45, 2.75) is 32.9 Å². The number of ether oxygens (including phenoxy) is 1. The number of carbonyl (C=O) groups excluding carboxylic acids is 1. The third-order valence-corrected chi connectivity index (χ3v) is 3.45. The first kappa shape index (κ1) is 12.9. The van der Waals surface area contributed by atoms with Gasteiger partial charge in [0.2, 0.25) is 0 Å². The van der Waals surface area contributed by atoms with E-state index < -0.39 is 0 Å². The minimum atomic E-state index is -0.384. The summed E-state index contributed by atoms with van der Waals surface area (Å²) in [5.41, 5.74) is 8.43. The van der Waals surface area contributed by atoms with Gasteiger partial charge in [-0.25, -0.2) is 4.79 Å². The van der Waals surface area contributed by atoms with Crippen molar-refractivity contribution < 1.29 is 9.53 Å². The summed E-state index contributed by atoms with van der Waals surface area (Å²) in [6.45, 7) is 6.61. The topological polar surface area (TPSA) is 64.3 Å². The second-order valence-electron chi connectivity index (χ2n) is 5.20. The zero-order valence-corrected chi connectivity index (χ0v) is 11.1. The maximum atomic E-state index is 11.8. The van der Waals surface area contributed by atoms with Crippen LogP contribution in [0.2, 0.25) is 0 Å². The Kier molecular flexibility index (Phi) is 3.57. The lowest BCUT2D eigenvalue weighted by molar-refractivity contribution is -0.152. The van der Waals surface area contributed by atoms with E-state index in [9.17, 15) is 4.79 Å². The van der Waals surface area contributed by atoms with Gasteiger partial charge in [-0.3, -0.25) is 5.32 Å². The van der Waals surface area contributed by atoms with Crippen LogP contribution in [0.3, 0.4) is 0 Å². The summed E-state index contributed by atoms with van der Waals surface area (Å²) in [7, 11) is 0. The van der Waals surface area contributed by atoms with E-state index in [1.54, 1.807) is 0 Å². The Bertz CT molecular complexity index is 457. The van der Waals surface area contributed by atoms with E-state index in [4.69, 9.17) is 10.5 Å². The zero-order valence-electron chi connectivity index (χ0n) is 11.1. The molecule has 0 aliphatic carbocycles. The van der Waals surface area contributed by atoms with Crippen LogP contribution in [0, 0.1) is 12.8 Å². The minimum absolute atomic E-state index is 0.200. The molecule has 0 unspecified atom stereocenters. The zero-order chi connectivity index (χ0) is 13.3. The van der Waals surface area contributed by atoms with Crippen molar-refractivity contribution in [3.05, 3.63) is 29.3 Å². The molecule has 0 amide bonds. The lowest BCUT2D eigenvalue weighted by Crippen LogP contribution is -2.49. The van der Waals surface area contributed by atoms with Crippen LogP contribution in [-0.4, -0.2) is 18.6 Å². The van der Waals surface area contributed by atoms with Gasteiger partial charge >= 0.3 is 5.97 Å². The summed E-state index contributed by atoms with van der Waals surface area (Å²) >= 11 is 0. The van der Waals surface area contributed by atoms with E-state index in [2.05, 4.69) is 19.2 Å². The highest BCUT2D eigenvalue weighted by Gasteiger charge is 2.32. The summed E-state index contributed by atoms with van der Waals surface area (Å²) in [6, 6.07) is 5.47. The molecule has 98 valence electrons. The molecular formula is C14H20N2O2. The molecule has 0 radical (unpaired) electrons. The van der Waals surface area contributed by atoms with E-state index >= 15 is 0 Å². The molecule has 1 aromatic carbocycles. The molecule has 2 atom stereocenters. The van der Waals surface area contributed by atoms with Gasteiger partial charge in [-0.2, -0.15) is 0 Å². The number of cyclic esters (lactones) is 1. The highest BCUT2D eigenvalue weighted by atomic mass is 16.5. The van der Waals surface area contributed by atoms with Crippen LogP contribution < -0.4 is 11.1 Å². The molecule has 1 fully saturated rings. The monoisotopic (exact) mass is 248 g/mol. The van der Waals surface area contributed by atoms with Crippen molar-refractivity contribution in [1.82, 2.24) is 5.32 Å². The number of benzene rings is 1.